The van der Waals surface area contributed by atoms with Crippen LogP contribution in [-0.2, 0) is 6.54 Å². The number of benzene rings is 2. The molecule has 2 aromatic carbocycles. The van der Waals surface area contributed by atoms with Gasteiger partial charge in [0.2, 0.25) is 0 Å². The Hall–Kier alpha value is -3.54. The first-order chi connectivity index (χ1) is 14.7. The average Bonchev–Trinajstić information content (AvgIpc) is 3.33. The zero-order valence-electron chi connectivity index (χ0n) is 16.7. The number of hydrogen-bond donors (Lipinski definition) is 2. The van der Waals surface area contributed by atoms with E-state index in [1.165, 1.54) is 12.5 Å². The van der Waals surface area contributed by atoms with Crippen molar-refractivity contribution in [2.45, 2.75) is 24.9 Å². The highest BCUT2D eigenvalue weighted by atomic mass is 16.3. The van der Waals surface area contributed by atoms with E-state index in [1.54, 1.807) is 6.07 Å². The lowest BCUT2D eigenvalue weighted by molar-refractivity contribution is 0.0693. The normalized spacial score (nSPS) is 21.7. The lowest BCUT2D eigenvalue weighted by Gasteiger charge is -2.47. The Morgan fingerprint density at radius 1 is 1.07 bits per heavy atom. The van der Waals surface area contributed by atoms with Gasteiger partial charge in [-0.3, -0.25) is 9.79 Å². The number of rotatable bonds is 3. The summed E-state index contributed by atoms with van der Waals surface area (Å²) in [6.45, 7) is 1.86. The van der Waals surface area contributed by atoms with E-state index < -0.39 is 5.54 Å². The highest BCUT2D eigenvalue weighted by molar-refractivity contribution is 6.10. The van der Waals surface area contributed by atoms with E-state index in [-0.39, 0.29) is 5.91 Å². The van der Waals surface area contributed by atoms with Gasteiger partial charge in [-0.05, 0) is 36.6 Å². The molecule has 1 fully saturated rings. The van der Waals surface area contributed by atoms with Gasteiger partial charge in [-0.2, -0.15) is 0 Å². The van der Waals surface area contributed by atoms with Crippen LogP contribution in [0.2, 0.25) is 0 Å². The number of fused-ring (bicyclic) bond motifs is 1. The number of para-hydroxylation sites is 2. The van der Waals surface area contributed by atoms with Crippen molar-refractivity contribution < 1.29 is 9.21 Å². The summed E-state index contributed by atoms with van der Waals surface area (Å²) in [4.78, 5) is 19.9. The fourth-order valence-corrected chi connectivity index (χ4v) is 4.30. The third kappa shape index (κ3) is 3.45. The number of furan rings is 1. The summed E-state index contributed by atoms with van der Waals surface area (Å²) in [6, 6.07) is 20.1. The summed E-state index contributed by atoms with van der Waals surface area (Å²) < 4.78 is 5.12. The van der Waals surface area contributed by atoms with Crippen LogP contribution in [0.15, 0.2) is 82.6 Å². The number of anilines is 2. The van der Waals surface area contributed by atoms with Crippen LogP contribution in [0.5, 0.6) is 0 Å². The van der Waals surface area contributed by atoms with E-state index in [4.69, 9.17) is 9.41 Å². The minimum absolute atomic E-state index is 0.00843. The summed E-state index contributed by atoms with van der Waals surface area (Å²) >= 11 is 0. The maximum absolute atomic E-state index is 13.0. The Balaban J connectivity index is 1.48. The van der Waals surface area contributed by atoms with Gasteiger partial charge in [0.1, 0.15) is 17.6 Å². The minimum Gasteiger partial charge on any atom is -0.472 e. The summed E-state index contributed by atoms with van der Waals surface area (Å²) in [5.41, 5.74) is 3.34. The maximum Gasteiger partial charge on any atom is 0.257 e. The monoisotopic (exact) mass is 400 g/mol. The molecular formula is C24H24N4O2. The molecule has 1 atom stereocenters. The Labute approximate surface area is 175 Å². The second kappa shape index (κ2) is 7.71. The smallest absolute Gasteiger partial charge is 0.257 e. The molecule has 6 heteroatoms. The fourth-order valence-electron chi connectivity index (χ4n) is 4.30. The van der Waals surface area contributed by atoms with E-state index in [9.17, 15) is 4.79 Å². The number of amides is 1. The van der Waals surface area contributed by atoms with E-state index in [1.807, 2.05) is 41.3 Å². The van der Waals surface area contributed by atoms with Gasteiger partial charge in [0.05, 0.1) is 36.3 Å². The molecule has 3 heterocycles. The molecule has 1 amide bonds. The number of piperidine rings is 1. The van der Waals surface area contributed by atoms with Crippen LogP contribution in [-0.4, -0.2) is 35.3 Å². The first kappa shape index (κ1) is 18.5. The van der Waals surface area contributed by atoms with E-state index in [0.29, 0.717) is 18.7 Å². The Morgan fingerprint density at radius 3 is 2.67 bits per heavy atom. The van der Waals surface area contributed by atoms with Crippen LogP contribution in [0.4, 0.5) is 11.4 Å². The molecule has 152 valence electrons. The average molecular weight is 400 g/mol. The molecule has 6 nitrogen and oxygen atoms in total. The van der Waals surface area contributed by atoms with Gasteiger partial charge >= 0.3 is 0 Å². The van der Waals surface area contributed by atoms with Gasteiger partial charge in [-0.25, -0.2) is 0 Å². The van der Waals surface area contributed by atoms with Crippen molar-refractivity contribution in [1.82, 2.24) is 4.90 Å². The SMILES string of the molecule is O=C(c1ccoc1)N1CCCC2(C1)Nc1ccccc1NC2=NCc1ccccc1. The first-order valence-corrected chi connectivity index (χ1v) is 10.3. The van der Waals surface area contributed by atoms with Crippen molar-refractivity contribution in [3.05, 3.63) is 84.3 Å². The highest BCUT2D eigenvalue weighted by Crippen LogP contribution is 2.36. The Bertz CT molecular complexity index is 1060. The van der Waals surface area contributed by atoms with Crippen LogP contribution in [0.3, 0.4) is 0 Å². The molecule has 2 aliphatic heterocycles. The molecule has 0 bridgehead atoms. The summed E-state index contributed by atoms with van der Waals surface area (Å²) in [5, 5.41) is 7.27. The van der Waals surface area contributed by atoms with Crippen molar-refractivity contribution in [2.75, 3.05) is 23.7 Å². The third-order valence-electron chi connectivity index (χ3n) is 5.82. The molecule has 30 heavy (non-hydrogen) atoms. The van der Waals surface area contributed by atoms with Crippen molar-refractivity contribution in [3.63, 3.8) is 0 Å². The first-order valence-electron chi connectivity index (χ1n) is 10.3. The molecule has 1 saturated heterocycles. The summed E-state index contributed by atoms with van der Waals surface area (Å²) in [6.07, 6.45) is 4.84. The van der Waals surface area contributed by atoms with Gasteiger partial charge in [0.25, 0.3) is 5.91 Å². The van der Waals surface area contributed by atoms with Gasteiger partial charge in [-0.1, -0.05) is 42.5 Å². The lowest BCUT2D eigenvalue weighted by Crippen LogP contribution is -2.62. The number of carbonyl (C=O) groups is 1. The summed E-state index contributed by atoms with van der Waals surface area (Å²) in [7, 11) is 0. The van der Waals surface area contributed by atoms with E-state index in [2.05, 4.69) is 28.8 Å². The molecule has 5 rings (SSSR count). The lowest BCUT2D eigenvalue weighted by atomic mass is 9.85. The summed E-state index contributed by atoms with van der Waals surface area (Å²) in [5.74, 6) is 0.876. The molecule has 1 unspecified atom stereocenters. The zero-order valence-corrected chi connectivity index (χ0v) is 16.7. The minimum atomic E-state index is -0.444. The van der Waals surface area contributed by atoms with Gasteiger partial charge < -0.3 is 20.0 Å². The Kier molecular flexibility index (Phi) is 4.75. The quantitative estimate of drug-likeness (QED) is 0.684. The molecule has 1 aromatic heterocycles. The number of aliphatic imine (C=N–C) groups is 1. The highest BCUT2D eigenvalue weighted by Gasteiger charge is 2.44. The second-order valence-corrected chi connectivity index (χ2v) is 7.87. The van der Waals surface area contributed by atoms with Crippen LogP contribution < -0.4 is 10.6 Å². The predicted molar refractivity (Wildman–Crippen MR) is 118 cm³/mol. The van der Waals surface area contributed by atoms with Gasteiger partial charge in [0, 0.05) is 6.54 Å². The zero-order chi connectivity index (χ0) is 20.4. The van der Waals surface area contributed by atoms with Crippen LogP contribution in [0.1, 0.15) is 28.8 Å². The van der Waals surface area contributed by atoms with Crippen LogP contribution in [0, 0.1) is 0 Å². The molecule has 0 radical (unpaired) electrons. The number of nitrogens with zero attached hydrogens (tertiary/aromatic N) is 2. The van der Waals surface area contributed by atoms with Crippen molar-refractivity contribution in [2.24, 2.45) is 4.99 Å². The number of amidine groups is 1. The number of nitrogens with one attached hydrogen (secondary N) is 2. The Morgan fingerprint density at radius 2 is 1.87 bits per heavy atom. The molecule has 2 aliphatic rings. The second-order valence-electron chi connectivity index (χ2n) is 7.87. The number of likely N-dealkylation sites (tertiary alicyclic amines) is 1. The fraction of sp³-hybridized carbons (Fsp3) is 0.250. The molecule has 0 saturated carbocycles. The molecule has 1 spiro atoms. The number of carbonyl (C=O) groups excluding carboxylic acids is 1. The topological polar surface area (TPSA) is 69.9 Å². The molecular weight excluding hydrogens is 376 g/mol. The maximum atomic E-state index is 13.0. The van der Waals surface area contributed by atoms with E-state index >= 15 is 0 Å². The largest absolute Gasteiger partial charge is 0.472 e. The molecule has 0 aliphatic carbocycles. The third-order valence-corrected chi connectivity index (χ3v) is 5.82. The van der Waals surface area contributed by atoms with E-state index in [0.717, 1.165) is 42.2 Å². The number of hydrogen-bond acceptors (Lipinski definition) is 4. The molecule has 3 aromatic rings. The molecule has 2 N–H and O–H groups in total. The van der Waals surface area contributed by atoms with Crippen molar-refractivity contribution in [3.8, 4) is 0 Å². The van der Waals surface area contributed by atoms with Crippen LogP contribution in [0.25, 0.3) is 0 Å². The standard InChI is InChI=1S/C24H24N4O2/c29-22(19-11-14-30-16-19)28-13-6-12-24(17-28)23(25-15-18-7-2-1-3-8-18)26-20-9-4-5-10-21(20)27-24/h1-5,7-11,14,16,27H,6,12-13,15,17H2,(H,25,26). The van der Waals surface area contributed by atoms with Crippen LogP contribution >= 0.6 is 0 Å². The predicted octanol–water partition coefficient (Wildman–Crippen LogP) is 4.39. The van der Waals surface area contributed by atoms with Gasteiger partial charge in [0.15, 0.2) is 0 Å². The van der Waals surface area contributed by atoms with Gasteiger partial charge in [-0.15, -0.1) is 0 Å². The van der Waals surface area contributed by atoms with Crippen molar-refractivity contribution >= 4 is 23.1 Å². The van der Waals surface area contributed by atoms with Crippen molar-refractivity contribution in [1.29, 1.82) is 0 Å².